The lowest BCUT2D eigenvalue weighted by molar-refractivity contribution is -0.131. The summed E-state index contributed by atoms with van der Waals surface area (Å²) in [5.74, 6) is -0.312. The predicted octanol–water partition coefficient (Wildman–Crippen LogP) is 4.18. The summed E-state index contributed by atoms with van der Waals surface area (Å²) in [7, 11) is 0. The predicted molar refractivity (Wildman–Crippen MR) is 111 cm³/mol. The van der Waals surface area contributed by atoms with Crippen LogP contribution in [0, 0.1) is 5.41 Å². The fraction of sp³-hybridized carbons (Fsp3) is 0.364. The number of hydrogen-bond acceptors (Lipinski definition) is 2. The van der Waals surface area contributed by atoms with Crippen LogP contribution in [0.25, 0.3) is 0 Å². The maximum absolute atomic E-state index is 12.9. The Morgan fingerprint density at radius 1 is 1.00 bits per heavy atom. The van der Waals surface area contributed by atoms with Gasteiger partial charge in [0.2, 0.25) is 11.8 Å². The normalized spacial score (nSPS) is 12.3. The molecule has 27 heavy (non-hydrogen) atoms. The van der Waals surface area contributed by atoms with E-state index in [2.05, 4.69) is 17.6 Å². The Kier molecular flexibility index (Phi) is 7.43. The van der Waals surface area contributed by atoms with E-state index in [-0.39, 0.29) is 17.7 Å². The highest BCUT2D eigenvalue weighted by atomic mass is 35.5. The molecule has 0 radical (unpaired) electrons. The summed E-state index contributed by atoms with van der Waals surface area (Å²) < 4.78 is 0. The van der Waals surface area contributed by atoms with Crippen molar-refractivity contribution >= 4 is 29.1 Å². The van der Waals surface area contributed by atoms with Gasteiger partial charge in [0.25, 0.3) is 0 Å². The van der Waals surface area contributed by atoms with Gasteiger partial charge in [-0.1, -0.05) is 49.4 Å². The molecule has 2 N–H and O–H groups in total. The quantitative estimate of drug-likeness (QED) is 0.668. The number of carbonyl (C=O) groups excluding carboxylic acids is 2. The van der Waals surface area contributed by atoms with E-state index < -0.39 is 11.5 Å². The van der Waals surface area contributed by atoms with Gasteiger partial charge in [-0.05, 0) is 43.5 Å². The maximum atomic E-state index is 12.9. The van der Waals surface area contributed by atoms with Crippen LogP contribution in [-0.4, -0.2) is 23.7 Å². The third-order valence-electron chi connectivity index (χ3n) is 4.48. The third-order valence-corrected chi connectivity index (χ3v) is 5.15. The van der Waals surface area contributed by atoms with E-state index in [0.717, 1.165) is 12.0 Å². The second-order valence-electron chi connectivity index (χ2n) is 7.27. The van der Waals surface area contributed by atoms with Crippen LogP contribution in [0.1, 0.15) is 31.9 Å². The first kappa shape index (κ1) is 21.0. The smallest absolute Gasteiger partial charge is 0.247 e. The van der Waals surface area contributed by atoms with Crippen molar-refractivity contribution in [3.8, 4) is 0 Å². The Labute approximate surface area is 166 Å². The monoisotopic (exact) mass is 386 g/mol. The van der Waals surface area contributed by atoms with Gasteiger partial charge in [0.1, 0.15) is 6.04 Å². The summed E-state index contributed by atoms with van der Waals surface area (Å²) >= 11 is 5.91. The Bertz CT molecular complexity index is 758. The van der Waals surface area contributed by atoms with Crippen molar-refractivity contribution in [1.29, 1.82) is 0 Å². The molecule has 0 bridgehead atoms. The SMILES string of the molecule is CCc1ccc(NC(=O)C(Cc2ccccc2)NC(=O)C(C)(C)CCl)cc1. The van der Waals surface area contributed by atoms with E-state index in [9.17, 15) is 9.59 Å². The highest BCUT2D eigenvalue weighted by Gasteiger charge is 2.30. The molecule has 0 aliphatic heterocycles. The van der Waals surface area contributed by atoms with E-state index in [1.54, 1.807) is 13.8 Å². The van der Waals surface area contributed by atoms with E-state index in [1.165, 1.54) is 5.56 Å². The highest BCUT2D eigenvalue weighted by molar-refractivity contribution is 6.20. The first-order valence-corrected chi connectivity index (χ1v) is 9.70. The molecular formula is C22H27ClN2O2. The Morgan fingerprint density at radius 2 is 1.63 bits per heavy atom. The van der Waals surface area contributed by atoms with Crippen LogP contribution in [0.3, 0.4) is 0 Å². The van der Waals surface area contributed by atoms with Crippen LogP contribution in [0.4, 0.5) is 5.69 Å². The number of rotatable bonds is 8. The van der Waals surface area contributed by atoms with Crippen molar-refractivity contribution in [3.05, 3.63) is 65.7 Å². The highest BCUT2D eigenvalue weighted by Crippen LogP contribution is 2.18. The first-order chi connectivity index (χ1) is 12.9. The molecule has 0 heterocycles. The van der Waals surface area contributed by atoms with Gasteiger partial charge >= 0.3 is 0 Å². The Balaban J connectivity index is 2.16. The molecular weight excluding hydrogens is 360 g/mol. The van der Waals surface area contributed by atoms with Gasteiger partial charge in [-0.15, -0.1) is 11.6 Å². The number of amides is 2. The van der Waals surface area contributed by atoms with Crippen molar-refractivity contribution in [2.75, 3.05) is 11.2 Å². The lowest BCUT2D eigenvalue weighted by Gasteiger charge is -2.25. The van der Waals surface area contributed by atoms with Crippen LogP contribution in [-0.2, 0) is 22.4 Å². The molecule has 0 aliphatic carbocycles. The lowest BCUT2D eigenvalue weighted by Crippen LogP contribution is -2.50. The molecule has 0 spiro atoms. The second kappa shape index (κ2) is 9.56. The Morgan fingerprint density at radius 3 is 2.19 bits per heavy atom. The Hall–Kier alpha value is -2.33. The molecule has 1 unspecified atom stereocenters. The van der Waals surface area contributed by atoms with Gasteiger partial charge in [-0.3, -0.25) is 9.59 Å². The molecule has 2 amide bonds. The molecule has 0 aliphatic rings. The van der Waals surface area contributed by atoms with E-state index >= 15 is 0 Å². The van der Waals surface area contributed by atoms with Gasteiger partial charge in [-0.25, -0.2) is 0 Å². The standard InChI is InChI=1S/C22H27ClN2O2/c1-4-16-10-12-18(13-11-16)24-20(26)19(14-17-8-6-5-7-9-17)25-21(27)22(2,3)15-23/h5-13,19H,4,14-15H2,1-3H3,(H,24,26)(H,25,27). The summed E-state index contributed by atoms with van der Waals surface area (Å²) in [6.07, 6.45) is 1.35. The molecule has 2 aromatic rings. The van der Waals surface area contributed by atoms with Crippen molar-refractivity contribution in [1.82, 2.24) is 5.32 Å². The zero-order valence-corrected chi connectivity index (χ0v) is 16.8. The van der Waals surface area contributed by atoms with E-state index in [1.807, 2.05) is 54.6 Å². The van der Waals surface area contributed by atoms with Crippen LogP contribution < -0.4 is 10.6 Å². The number of benzene rings is 2. The third kappa shape index (κ3) is 6.10. The molecule has 4 nitrogen and oxygen atoms in total. The molecule has 0 aromatic heterocycles. The lowest BCUT2D eigenvalue weighted by atomic mass is 9.94. The van der Waals surface area contributed by atoms with E-state index in [0.29, 0.717) is 12.1 Å². The zero-order valence-electron chi connectivity index (χ0n) is 16.1. The topological polar surface area (TPSA) is 58.2 Å². The molecule has 0 fully saturated rings. The van der Waals surface area contributed by atoms with Gasteiger partial charge < -0.3 is 10.6 Å². The van der Waals surface area contributed by atoms with Crippen LogP contribution in [0.5, 0.6) is 0 Å². The van der Waals surface area contributed by atoms with Crippen molar-refractivity contribution < 1.29 is 9.59 Å². The van der Waals surface area contributed by atoms with Gasteiger partial charge in [-0.2, -0.15) is 0 Å². The number of hydrogen-bond donors (Lipinski definition) is 2. The fourth-order valence-corrected chi connectivity index (χ4v) is 2.65. The summed E-state index contributed by atoms with van der Waals surface area (Å²) in [4.78, 5) is 25.4. The summed E-state index contributed by atoms with van der Waals surface area (Å²) in [5.41, 5.74) is 2.13. The molecule has 2 rings (SSSR count). The number of nitrogens with one attached hydrogen (secondary N) is 2. The number of anilines is 1. The molecule has 144 valence electrons. The average Bonchev–Trinajstić information content (AvgIpc) is 2.68. The largest absolute Gasteiger partial charge is 0.343 e. The minimum atomic E-state index is -0.750. The van der Waals surface area contributed by atoms with Crippen molar-refractivity contribution in [2.45, 2.75) is 39.7 Å². The van der Waals surface area contributed by atoms with Crippen LogP contribution in [0.15, 0.2) is 54.6 Å². The van der Waals surface area contributed by atoms with Crippen LogP contribution >= 0.6 is 11.6 Å². The zero-order chi connectivity index (χ0) is 19.9. The minimum absolute atomic E-state index is 0.178. The summed E-state index contributed by atoms with van der Waals surface area (Å²) in [6, 6.07) is 16.7. The molecule has 1 atom stereocenters. The number of alkyl halides is 1. The van der Waals surface area contributed by atoms with Crippen molar-refractivity contribution in [3.63, 3.8) is 0 Å². The van der Waals surface area contributed by atoms with Crippen molar-refractivity contribution in [2.24, 2.45) is 5.41 Å². The average molecular weight is 387 g/mol. The number of halogens is 1. The molecule has 0 saturated heterocycles. The van der Waals surface area contributed by atoms with Gasteiger partial charge in [0.15, 0.2) is 0 Å². The minimum Gasteiger partial charge on any atom is -0.343 e. The number of aryl methyl sites for hydroxylation is 1. The molecule has 2 aromatic carbocycles. The van der Waals surface area contributed by atoms with Crippen LogP contribution in [0.2, 0.25) is 0 Å². The second-order valence-corrected chi connectivity index (χ2v) is 7.54. The summed E-state index contributed by atoms with van der Waals surface area (Å²) in [5, 5.41) is 5.77. The molecule has 0 saturated carbocycles. The summed E-state index contributed by atoms with van der Waals surface area (Å²) in [6.45, 7) is 5.60. The van der Waals surface area contributed by atoms with Gasteiger partial charge in [0.05, 0.1) is 5.41 Å². The number of carbonyl (C=O) groups is 2. The fourth-order valence-electron chi connectivity index (χ4n) is 2.53. The van der Waals surface area contributed by atoms with E-state index in [4.69, 9.17) is 11.6 Å². The maximum Gasteiger partial charge on any atom is 0.247 e. The first-order valence-electron chi connectivity index (χ1n) is 9.16. The van der Waals surface area contributed by atoms with Gasteiger partial charge in [0, 0.05) is 18.0 Å². The molecule has 5 heteroatoms.